The minimum atomic E-state index is -0.205. The van der Waals surface area contributed by atoms with Gasteiger partial charge in [-0.3, -0.25) is 4.79 Å². The largest absolute Gasteiger partial charge is 0.508 e. The van der Waals surface area contributed by atoms with E-state index in [2.05, 4.69) is 5.32 Å². The van der Waals surface area contributed by atoms with Crippen LogP contribution in [0.15, 0.2) is 42.5 Å². The van der Waals surface area contributed by atoms with Crippen LogP contribution in [0.2, 0.25) is 0 Å². The number of phenolic OH excluding ortho intramolecular Hbond substituents is 3. The minimum absolute atomic E-state index is 0. The first-order valence-electron chi connectivity index (χ1n) is 7.01. The second kappa shape index (κ2) is 8.41. The van der Waals surface area contributed by atoms with Crippen molar-refractivity contribution in [2.45, 2.75) is 19.4 Å². The third-order valence-corrected chi connectivity index (χ3v) is 3.31. The minimum Gasteiger partial charge on any atom is -0.508 e. The molecule has 0 aliphatic heterocycles. The predicted molar refractivity (Wildman–Crippen MR) is 90.6 cm³/mol. The standard InChI is InChI=1S/C17H19NO4.ClH/c1-11(6-12-2-4-14(19)5-3-12)18-10-17(22)13-7-15(20)9-16(21)8-13;/h2-5,7-9,11,18-21H,6,10H2,1H3;1H. The molecule has 4 N–H and O–H groups in total. The number of hydrogen-bond acceptors (Lipinski definition) is 5. The van der Waals surface area contributed by atoms with E-state index in [9.17, 15) is 20.1 Å². The van der Waals surface area contributed by atoms with Crippen LogP contribution >= 0.6 is 12.4 Å². The Labute approximate surface area is 141 Å². The first kappa shape index (κ1) is 18.8. The molecule has 23 heavy (non-hydrogen) atoms. The van der Waals surface area contributed by atoms with Gasteiger partial charge < -0.3 is 20.6 Å². The summed E-state index contributed by atoms with van der Waals surface area (Å²) in [7, 11) is 0. The van der Waals surface area contributed by atoms with Crippen molar-refractivity contribution in [1.82, 2.24) is 5.32 Å². The maximum absolute atomic E-state index is 12.0. The molecule has 0 saturated carbocycles. The van der Waals surface area contributed by atoms with Gasteiger partial charge in [0.2, 0.25) is 0 Å². The van der Waals surface area contributed by atoms with E-state index in [0.29, 0.717) is 0 Å². The van der Waals surface area contributed by atoms with E-state index in [0.717, 1.165) is 12.0 Å². The molecule has 1 atom stereocenters. The quantitative estimate of drug-likeness (QED) is 0.608. The first-order chi connectivity index (χ1) is 10.4. The molecule has 0 fully saturated rings. The average molecular weight is 338 g/mol. The average Bonchev–Trinajstić information content (AvgIpc) is 2.46. The van der Waals surface area contributed by atoms with Gasteiger partial charge in [-0.25, -0.2) is 0 Å². The monoisotopic (exact) mass is 337 g/mol. The van der Waals surface area contributed by atoms with Crippen LogP contribution in [0, 0.1) is 0 Å². The van der Waals surface area contributed by atoms with Gasteiger partial charge >= 0.3 is 0 Å². The van der Waals surface area contributed by atoms with Crippen molar-refractivity contribution < 1.29 is 20.1 Å². The van der Waals surface area contributed by atoms with Crippen LogP contribution in [0.3, 0.4) is 0 Å². The lowest BCUT2D eigenvalue weighted by atomic mass is 10.1. The fourth-order valence-electron chi connectivity index (χ4n) is 2.18. The van der Waals surface area contributed by atoms with Gasteiger partial charge in [0, 0.05) is 17.7 Å². The van der Waals surface area contributed by atoms with Crippen molar-refractivity contribution in [3.05, 3.63) is 53.6 Å². The number of phenols is 3. The van der Waals surface area contributed by atoms with Gasteiger partial charge in [-0.2, -0.15) is 0 Å². The molecule has 0 bridgehead atoms. The second-order valence-corrected chi connectivity index (χ2v) is 5.31. The maximum Gasteiger partial charge on any atom is 0.176 e. The highest BCUT2D eigenvalue weighted by Crippen LogP contribution is 2.20. The number of carbonyl (C=O) groups is 1. The van der Waals surface area contributed by atoms with E-state index in [4.69, 9.17) is 0 Å². The fourth-order valence-corrected chi connectivity index (χ4v) is 2.18. The zero-order chi connectivity index (χ0) is 16.1. The normalized spacial score (nSPS) is 11.5. The number of ketones is 1. The Bertz CT molecular complexity index is 638. The van der Waals surface area contributed by atoms with Crippen LogP contribution in [0.4, 0.5) is 0 Å². The first-order valence-corrected chi connectivity index (χ1v) is 7.01. The van der Waals surface area contributed by atoms with Gasteiger partial charge in [0.1, 0.15) is 17.2 Å². The Hall–Kier alpha value is -2.24. The molecule has 0 saturated heterocycles. The van der Waals surface area contributed by atoms with E-state index in [1.54, 1.807) is 12.1 Å². The van der Waals surface area contributed by atoms with Crippen LogP contribution < -0.4 is 5.32 Å². The van der Waals surface area contributed by atoms with Gasteiger partial charge in [0.15, 0.2) is 5.78 Å². The van der Waals surface area contributed by atoms with Gasteiger partial charge in [-0.15, -0.1) is 12.4 Å². The van der Waals surface area contributed by atoms with E-state index < -0.39 is 0 Å². The lowest BCUT2D eigenvalue weighted by molar-refractivity contribution is 0.0987. The summed E-state index contributed by atoms with van der Waals surface area (Å²) < 4.78 is 0. The van der Waals surface area contributed by atoms with E-state index in [-0.39, 0.29) is 53.6 Å². The summed E-state index contributed by atoms with van der Waals surface area (Å²) in [5, 5.41) is 31.1. The third-order valence-electron chi connectivity index (χ3n) is 3.31. The Morgan fingerprint density at radius 1 is 1.00 bits per heavy atom. The molecule has 0 radical (unpaired) electrons. The summed E-state index contributed by atoms with van der Waals surface area (Å²) >= 11 is 0. The van der Waals surface area contributed by atoms with Gasteiger partial charge in [-0.05, 0) is 43.2 Å². The Morgan fingerprint density at radius 2 is 1.57 bits per heavy atom. The molecular formula is C17H20ClNO4. The lowest BCUT2D eigenvalue weighted by Crippen LogP contribution is -2.33. The summed E-state index contributed by atoms with van der Waals surface area (Å²) in [4.78, 5) is 12.0. The molecule has 0 amide bonds. The van der Waals surface area contributed by atoms with Crippen LogP contribution in [-0.2, 0) is 6.42 Å². The molecule has 0 aromatic heterocycles. The van der Waals surface area contributed by atoms with E-state index in [1.807, 2.05) is 19.1 Å². The van der Waals surface area contributed by atoms with Crippen molar-refractivity contribution in [3.8, 4) is 17.2 Å². The van der Waals surface area contributed by atoms with Crippen LogP contribution in [0.25, 0.3) is 0 Å². The number of carbonyl (C=O) groups excluding carboxylic acids is 1. The molecule has 2 aromatic rings. The maximum atomic E-state index is 12.0. The lowest BCUT2D eigenvalue weighted by Gasteiger charge is -2.13. The molecule has 0 aliphatic carbocycles. The molecule has 2 rings (SSSR count). The van der Waals surface area contributed by atoms with Crippen LogP contribution in [0.5, 0.6) is 17.2 Å². The molecule has 0 heterocycles. The Balaban J connectivity index is 0.00000264. The molecule has 0 aliphatic rings. The number of rotatable bonds is 6. The van der Waals surface area contributed by atoms with Gasteiger partial charge in [0.05, 0.1) is 6.54 Å². The van der Waals surface area contributed by atoms with Crippen molar-refractivity contribution in [3.63, 3.8) is 0 Å². The van der Waals surface area contributed by atoms with Gasteiger partial charge in [-0.1, -0.05) is 12.1 Å². The molecule has 2 aromatic carbocycles. The third kappa shape index (κ3) is 5.81. The Morgan fingerprint density at radius 3 is 2.13 bits per heavy atom. The molecule has 5 nitrogen and oxygen atoms in total. The summed E-state index contributed by atoms with van der Waals surface area (Å²) in [6, 6.07) is 10.8. The van der Waals surface area contributed by atoms with E-state index in [1.165, 1.54) is 18.2 Å². The summed E-state index contributed by atoms with van der Waals surface area (Å²) in [5.41, 5.74) is 1.32. The zero-order valence-corrected chi connectivity index (χ0v) is 13.5. The number of aromatic hydroxyl groups is 3. The zero-order valence-electron chi connectivity index (χ0n) is 12.7. The highest BCUT2D eigenvalue weighted by molar-refractivity contribution is 5.98. The van der Waals surface area contributed by atoms with Crippen LogP contribution in [0.1, 0.15) is 22.8 Å². The molecule has 0 spiro atoms. The second-order valence-electron chi connectivity index (χ2n) is 5.31. The Kier molecular flexibility index (Phi) is 6.88. The fraction of sp³-hybridized carbons (Fsp3) is 0.235. The van der Waals surface area contributed by atoms with Crippen molar-refractivity contribution in [2.24, 2.45) is 0 Å². The molecular weight excluding hydrogens is 318 g/mol. The number of Topliss-reactive ketones (excluding diaryl/α,β-unsaturated/α-hetero) is 1. The summed E-state index contributed by atoms with van der Waals surface area (Å²) in [6.07, 6.45) is 0.721. The van der Waals surface area contributed by atoms with Crippen LogP contribution in [-0.4, -0.2) is 33.7 Å². The number of hydrogen-bond donors (Lipinski definition) is 4. The molecule has 1 unspecified atom stereocenters. The number of benzene rings is 2. The predicted octanol–water partition coefficient (Wildman–Crippen LogP) is 2.63. The van der Waals surface area contributed by atoms with Crippen molar-refractivity contribution >= 4 is 18.2 Å². The number of nitrogens with one attached hydrogen (secondary N) is 1. The smallest absolute Gasteiger partial charge is 0.176 e. The number of halogens is 1. The highest BCUT2D eigenvalue weighted by Gasteiger charge is 2.11. The van der Waals surface area contributed by atoms with E-state index >= 15 is 0 Å². The SMILES string of the molecule is CC(Cc1ccc(O)cc1)NCC(=O)c1cc(O)cc(O)c1.Cl. The van der Waals surface area contributed by atoms with Crippen molar-refractivity contribution in [1.29, 1.82) is 0 Å². The topological polar surface area (TPSA) is 89.8 Å². The summed E-state index contributed by atoms with van der Waals surface area (Å²) in [6.45, 7) is 2.07. The summed E-state index contributed by atoms with van der Waals surface area (Å²) in [5.74, 6) is -0.257. The molecule has 6 heteroatoms. The van der Waals surface area contributed by atoms with Gasteiger partial charge in [0.25, 0.3) is 0 Å². The highest BCUT2D eigenvalue weighted by atomic mass is 35.5. The molecule has 124 valence electrons. The van der Waals surface area contributed by atoms with Crippen molar-refractivity contribution in [2.75, 3.05) is 6.54 Å².